The lowest BCUT2D eigenvalue weighted by Crippen LogP contribution is -2.34. The fourth-order valence-corrected chi connectivity index (χ4v) is 2.99. The molecular formula is C16H18N2O3. The normalized spacial score (nSPS) is 21.9. The lowest BCUT2D eigenvalue weighted by atomic mass is 9.90. The van der Waals surface area contributed by atoms with E-state index in [0.717, 1.165) is 10.9 Å². The van der Waals surface area contributed by atoms with Crippen LogP contribution < -0.4 is 0 Å². The molecule has 1 aliphatic rings. The topological polar surface area (TPSA) is 62.5 Å². The summed E-state index contributed by atoms with van der Waals surface area (Å²) >= 11 is 0. The van der Waals surface area contributed by atoms with E-state index in [9.17, 15) is 14.7 Å². The number of rotatable bonds is 2. The van der Waals surface area contributed by atoms with Gasteiger partial charge in [-0.25, -0.2) is 0 Å². The maximum atomic E-state index is 12.7. The van der Waals surface area contributed by atoms with Crippen molar-refractivity contribution >= 4 is 22.8 Å². The Kier molecular flexibility index (Phi) is 3.01. The van der Waals surface area contributed by atoms with Gasteiger partial charge in [-0.1, -0.05) is 18.2 Å². The minimum Gasteiger partial charge on any atom is -0.481 e. The first-order valence-electron chi connectivity index (χ1n) is 6.99. The summed E-state index contributed by atoms with van der Waals surface area (Å²) in [5, 5.41) is 10.2. The number of fused-ring (bicyclic) bond motifs is 1. The van der Waals surface area contributed by atoms with Crippen molar-refractivity contribution in [2.45, 2.75) is 13.3 Å². The van der Waals surface area contributed by atoms with Crippen LogP contribution in [0.25, 0.3) is 10.9 Å². The van der Waals surface area contributed by atoms with Gasteiger partial charge in [0.15, 0.2) is 0 Å². The van der Waals surface area contributed by atoms with E-state index in [1.807, 2.05) is 42.1 Å². The van der Waals surface area contributed by atoms with Crippen LogP contribution in [-0.2, 0) is 11.8 Å². The highest BCUT2D eigenvalue weighted by atomic mass is 16.4. The Morgan fingerprint density at radius 3 is 2.67 bits per heavy atom. The highest BCUT2D eigenvalue weighted by Gasteiger charge is 2.42. The molecule has 5 nitrogen and oxygen atoms in total. The van der Waals surface area contributed by atoms with E-state index >= 15 is 0 Å². The van der Waals surface area contributed by atoms with Gasteiger partial charge in [0.05, 0.1) is 11.0 Å². The van der Waals surface area contributed by atoms with Crippen LogP contribution in [0.1, 0.15) is 23.7 Å². The van der Waals surface area contributed by atoms with Gasteiger partial charge in [-0.2, -0.15) is 0 Å². The van der Waals surface area contributed by atoms with Gasteiger partial charge in [0, 0.05) is 37.2 Å². The molecule has 2 heterocycles. The van der Waals surface area contributed by atoms with Gasteiger partial charge < -0.3 is 14.6 Å². The smallest absolute Gasteiger partial charge is 0.311 e. The van der Waals surface area contributed by atoms with E-state index in [-0.39, 0.29) is 12.5 Å². The Morgan fingerprint density at radius 2 is 2.00 bits per heavy atom. The molecule has 0 aliphatic carbocycles. The van der Waals surface area contributed by atoms with Gasteiger partial charge >= 0.3 is 5.97 Å². The number of nitrogens with zero attached hydrogens (tertiary/aromatic N) is 2. The number of carbonyl (C=O) groups is 2. The first kappa shape index (κ1) is 13.7. The number of likely N-dealkylation sites (tertiary alicyclic amines) is 1. The lowest BCUT2D eigenvalue weighted by Gasteiger charge is -2.20. The zero-order valence-corrected chi connectivity index (χ0v) is 12.2. The summed E-state index contributed by atoms with van der Waals surface area (Å²) in [5.74, 6) is -0.924. The molecule has 1 aromatic carbocycles. The van der Waals surface area contributed by atoms with Crippen LogP contribution in [0.3, 0.4) is 0 Å². The van der Waals surface area contributed by atoms with Gasteiger partial charge in [0.1, 0.15) is 0 Å². The van der Waals surface area contributed by atoms with Crippen molar-refractivity contribution in [2.24, 2.45) is 12.5 Å². The molecule has 0 saturated carbocycles. The predicted octanol–water partition coefficient (Wildman–Crippen LogP) is 2.12. The molecule has 1 fully saturated rings. The summed E-state index contributed by atoms with van der Waals surface area (Å²) in [6, 6.07) is 7.74. The molecule has 21 heavy (non-hydrogen) atoms. The number of aromatic nitrogens is 1. The van der Waals surface area contributed by atoms with Crippen LogP contribution in [0.5, 0.6) is 0 Å². The summed E-state index contributed by atoms with van der Waals surface area (Å²) in [6.45, 7) is 2.46. The SMILES string of the molecule is Cn1cc(C(=O)N2CC[C@](C)(C(=O)O)C2)c2ccccc21. The number of amides is 1. The van der Waals surface area contributed by atoms with Crippen molar-refractivity contribution in [2.75, 3.05) is 13.1 Å². The summed E-state index contributed by atoms with van der Waals surface area (Å²) in [6.07, 6.45) is 2.32. The molecule has 2 aromatic rings. The second-order valence-electron chi connectivity index (χ2n) is 6.01. The fraction of sp³-hybridized carbons (Fsp3) is 0.375. The monoisotopic (exact) mass is 286 g/mol. The van der Waals surface area contributed by atoms with Crippen LogP contribution in [0, 0.1) is 5.41 Å². The van der Waals surface area contributed by atoms with Crippen LogP contribution in [0.15, 0.2) is 30.5 Å². The molecule has 110 valence electrons. The van der Waals surface area contributed by atoms with E-state index in [4.69, 9.17) is 0 Å². The van der Waals surface area contributed by atoms with Crippen molar-refractivity contribution in [3.05, 3.63) is 36.0 Å². The van der Waals surface area contributed by atoms with Crippen molar-refractivity contribution < 1.29 is 14.7 Å². The molecule has 0 bridgehead atoms. The molecule has 1 atom stereocenters. The summed E-state index contributed by atoms with van der Waals surface area (Å²) in [5.41, 5.74) is 0.809. The Labute approximate surface area is 122 Å². The standard InChI is InChI=1S/C16H18N2O3/c1-16(15(20)21)7-8-18(10-16)14(19)12-9-17(2)13-6-4-3-5-11(12)13/h3-6,9H,7-8,10H2,1-2H3,(H,20,21)/t16-/m0/s1. The minimum absolute atomic E-state index is 0.0863. The zero-order chi connectivity index (χ0) is 15.2. The molecule has 1 saturated heterocycles. The van der Waals surface area contributed by atoms with Crippen LogP contribution in [0.2, 0.25) is 0 Å². The second kappa shape index (κ2) is 4.62. The van der Waals surface area contributed by atoms with Gasteiger partial charge in [0.2, 0.25) is 0 Å². The number of para-hydroxylation sites is 1. The summed E-state index contributed by atoms with van der Waals surface area (Å²) in [4.78, 5) is 25.7. The van der Waals surface area contributed by atoms with Gasteiger partial charge in [-0.3, -0.25) is 9.59 Å². The van der Waals surface area contributed by atoms with E-state index in [2.05, 4.69) is 0 Å². The van der Waals surface area contributed by atoms with Crippen LogP contribution in [0.4, 0.5) is 0 Å². The molecule has 0 radical (unpaired) electrons. The quantitative estimate of drug-likeness (QED) is 0.919. The number of carbonyl (C=O) groups excluding carboxylic acids is 1. The highest BCUT2D eigenvalue weighted by molar-refractivity contribution is 6.07. The van der Waals surface area contributed by atoms with E-state index in [0.29, 0.717) is 18.5 Å². The Bertz CT molecular complexity index is 734. The molecule has 0 unspecified atom stereocenters. The molecule has 5 heteroatoms. The number of benzene rings is 1. The largest absolute Gasteiger partial charge is 0.481 e. The van der Waals surface area contributed by atoms with Crippen molar-refractivity contribution in [1.82, 2.24) is 9.47 Å². The van der Waals surface area contributed by atoms with E-state index < -0.39 is 11.4 Å². The maximum Gasteiger partial charge on any atom is 0.311 e. The molecule has 0 spiro atoms. The van der Waals surface area contributed by atoms with E-state index in [1.165, 1.54) is 0 Å². The van der Waals surface area contributed by atoms with Crippen LogP contribution in [-0.4, -0.2) is 39.5 Å². The third-order valence-corrected chi connectivity index (χ3v) is 4.40. The van der Waals surface area contributed by atoms with Gasteiger partial charge in [-0.05, 0) is 19.4 Å². The molecule has 1 amide bonds. The number of aryl methyl sites for hydroxylation is 1. The van der Waals surface area contributed by atoms with E-state index in [1.54, 1.807) is 11.8 Å². The molecular weight excluding hydrogens is 268 g/mol. The Balaban J connectivity index is 1.94. The first-order chi connectivity index (χ1) is 9.92. The average molecular weight is 286 g/mol. The van der Waals surface area contributed by atoms with Gasteiger partial charge in [0.25, 0.3) is 5.91 Å². The minimum atomic E-state index is -0.837. The fourth-order valence-electron chi connectivity index (χ4n) is 2.99. The van der Waals surface area contributed by atoms with Gasteiger partial charge in [-0.15, -0.1) is 0 Å². The van der Waals surface area contributed by atoms with Crippen molar-refractivity contribution in [3.8, 4) is 0 Å². The third-order valence-electron chi connectivity index (χ3n) is 4.40. The number of hydrogen-bond donors (Lipinski definition) is 1. The molecule has 3 rings (SSSR count). The number of hydrogen-bond acceptors (Lipinski definition) is 2. The molecule has 1 aliphatic heterocycles. The second-order valence-corrected chi connectivity index (χ2v) is 6.01. The van der Waals surface area contributed by atoms with Crippen molar-refractivity contribution in [3.63, 3.8) is 0 Å². The predicted molar refractivity (Wildman–Crippen MR) is 79.2 cm³/mol. The zero-order valence-electron chi connectivity index (χ0n) is 12.2. The van der Waals surface area contributed by atoms with Crippen LogP contribution >= 0.6 is 0 Å². The summed E-state index contributed by atoms with van der Waals surface area (Å²) in [7, 11) is 1.91. The molecule has 1 N–H and O–H groups in total. The molecule has 1 aromatic heterocycles. The third kappa shape index (κ3) is 2.09. The number of aliphatic carboxylic acids is 1. The Hall–Kier alpha value is -2.30. The number of carboxylic acid groups (broad SMARTS) is 1. The maximum absolute atomic E-state index is 12.7. The first-order valence-corrected chi connectivity index (χ1v) is 6.99. The van der Waals surface area contributed by atoms with Crippen molar-refractivity contribution in [1.29, 1.82) is 0 Å². The lowest BCUT2D eigenvalue weighted by molar-refractivity contribution is -0.147. The number of carboxylic acids is 1. The summed E-state index contributed by atoms with van der Waals surface area (Å²) < 4.78 is 1.93. The highest BCUT2D eigenvalue weighted by Crippen LogP contribution is 2.32. The Morgan fingerprint density at radius 1 is 1.29 bits per heavy atom. The average Bonchev–Trinajstić information content (AvgIpc) is 3.02.